The Morgan fingerprint density at radius 2 is 1.86 bits per heavy atom. The Labute approximate surface area is 129 Å². The standard InChI is InChI=1S/C14H24N4O2S/c1-8(11-7-21-10(3)17-11)15-13(20)16-9(2)12(19)18-14(4,5)6/h7-9H,1-6H3,(H,18,19)(H2,15,16,20)/t8-,9-/m1/s1. The van der Waals surface area contributed by atoms with Crippen LogP contribution in [0.2, 0.25) is 0 Å². The molecule has 0 radical (unpaired) electrons. The molecule has 1 aromatic rings. The number of urea groups is 1. The molecule has 0 fully saturated rings. The van der Waals surface area contributed by atoms with Crippen molar-refractivity contribution in [2.45, 2.75) is 59.2 Å². The monoisotopic (exact) mass is 312 g/mol. The minimum atomic E-state index is -0.603. The molecule has 0 saturated carbocycles. The summed E-state index contributed by atoms with van der Waals surface area (Å²) in [6.07, 6.45) is 0. The van der Waals surface area contributed by atoms with Crippen LogP contribution in [0.4, 0.5) is 4.79 Å². The maximum Gasteiger partial charge on any atom is 0.315 e. The highest BCUT2D eigenvalue weighted by Gasteiger charge is 2.21. The lowest BCUT2D eigenvalue weighted by Crippen LogP contribution is -2.52. The number of aryl methyl sites for hydroxylation is 1. The van der Waals surface area contributed by atoms with Gasteiger partial charge in [0.25, 0.3) is 0 Å². The fourth-order valence-corrected chi connectivity index (χ4v) is 2.34. The number of nitrogens with one attached hydrogen (secondary N) is 3. The number of carbonyl (C=O) groups is 2. The van der Waals surface area contributed by atoms with Gasteiger partial charge in [0.2, 0.25) is 5.91 Å². The number of aromatic nitrogens is 1. The van der Waals surface area contributed by atoms with Gasteiger partial charge in [-0.1, -0.05) is 0 Å². The molecule has 0 aromatic carbocycles. The molecule has 3 N–H and O–H groups in total. The van der Waals surface area contributed by atoms with Crippen molar-refractivity contribution in [2.75, 3.05) is 0 Å². The van der Waals surface area contributed by atoms with Gasteiger partial charge in [-0.05, 0) is 41.5 Å². The molecule has 1 aromatic heterocycles. The smallest absolute Gasteiger partial charge is 0.315 e. The molecule has 6 nitrogen and oxygen atoms in total. The first kappa shape index (κ1) is 17.4. The molecule has 0 unspecified atom stereocenters. The van der Waals surface area contributed by atoms with Crippen molar-refractivity contribution < 1.29 is 9.59 Å². The molecule has 3 amide bonds. The summed E-state index contributed by atoms with van der Waals surface area (Å²) in [7, 11) is 0. The number of carbonyl (C=O) groups excluding carboxylic acids is 2. The minimum absolute atomic E-state index is 0.201. The molecule has 0 aliphatic rings. The van der Waals surface area contributed by atoms with Crippen LogP contribution >= 0.6 is 11.3 Å². The second kappa shape index (κ2) is 6.89. The SMILES string of the molecule is Cc1nc([C@@H](C)NC(=O)N[C@H](C)C(=O)NC(C)(C)C)cs1. The first-order valence-corrected chi connectivity index (χ1v) is 7.77. The zero-order chi connectivity index (χ0) is 16.2. The van der Waals surface area contributed by atoms with E-state index >= 15 is 0 Å². The van der Waals surface area contributed by atoms with Crippen molar-refractivity contribution >= 4 is 23.3 Å². The first-order chi connectivity index (χ1) is 9.58. The molecule has 118 valence electrons. The van der Waals surface area contributed by atoms with E-state index in [-0.39, 0.29) is 23.5 Å². The lowest BCUT2D eigenvalue weighted by Gasteiger charge is -2.24. The Bertz CT molecular complexity index is 507. The summed E-state index contributed by atoms with van der Waals surface area (Å²) >= 11 is 1.54. The molecule has 0 aliphatic carbocycles. The van der Waals surface area contributed by atoms with Crippen molar-refractivity contribution in [3.05, 3.63) is 16.1 Å². The van der Waals surface area contributed by atoms with Gasteiger partial charge < -0.3 is 16.0 Å². The number of thiazole rings is 1. The Morgan fingerprint density at radius 1 is 1.24 bits per heavy atom. The third-order valence-corrected chi connectivity index (χ3v) is 3.46. The van der Waals surface area contributed by atoms with Crippen molar-refractivity contribution in [3.8, 4) is 0 Å². The summed E-state index contributed by atoms with van der Waals surface area (Å²) < 4.78 is 0. The number of hydrogen-bond acceptors (Lipinski definition) is 4. The van der Waals surface area contributed by atoms with Crippen molar-refractivity contribution in [1.82, 2.24) is 20.9 Å². The topological polar surface area (TPSA) is 83.1 Å². The summed E-state index contributed by atoms with van der Waals surface area (Å²) in [6.45, 7) is 11.1. The van der Waals surface area contributed by atoms with Gasteiger partial charge in [0.15, 0.2) is 0 Å². The van der Waals surface area contributed by atoms with Crippen molar-refractivity contribution in [3.63, 3.8) is 0 Å². The Kier molecular flexibility index (Phi) is 5.71. The van der Waals surface area contributed by atoms with E-state index in [0.717, 1.165) is 10.7 Å². The maximum absolute atomic E-state index is 11.9. The molecule has 7 heteroatoms. The van der Waals surface area contributed by atoms with Crippen LogP contribution in [0, 0.1) is 6.92 Å². The van der Waals surface area contributed by atoms with E-state index in [1.165, 1.54) is 11.3 Å². The average Bonchev–Trinajstić information content (AvgIpc) is 2.73. The van der Waals surface area contributed by atoms with Crippen LogP contribution in [0.1, 0.15) is 51.4 Å². The first-order valence-electron chi connectivity index (χ1n) is 6.89. The normalized spacial score (nSPS) is 14.2. The molecule has 1 rings (SSSR count). The Balaban J connectivity index is 2.48. The van der Waals surface area contributed by atoms with Crippen LogP contribution in [-0.2, 0) is 4.79 Å². The van der Waals surface area contributed by atoms with E-state index in [4.69, 9.17) is 0 Å². The Morgan fingerprint density at radius 3 is 2.33 bits per heavy atom. The van der Waals surface area contributed by atoms with Gasteiger partial charge in [-0.2, -0.15) is 0 Å². The van der Waals surface area contributed by atoms with Crippen LogP contribution in [-0.4, -0.2) is 28.5 Å². The highest BCUT2D eigenvalue weighted by atomic mass is 32.1. The van der Waals surface area contributed by atoms with Gasteiger partial charge in [-0.25, -0.2) is 9.78 Å². The molecule has 0 spiro atoms. The van der Waals surface area contributed by atoms with Crippen LogP contribution in [0.3, 0.4) is 0 Å². The third-order valence-electron chi connectivity index (χ3n) is 2.67. The fraction of sp³-hybridized carbons (Fsp3) is 0.643. The predicted molar refractivity (Wildman–Crippen MR) is 84.3 cm³/mol. The van der Waals surface area contributed by atoms with Crippen LogP contribution in [0.25, 0.3) is 0 Å². The fourth-order valence-electron chi connectivity index (χ4n) is 1.63. The molecule has 1 heterocycles. The summed E-state index contributed by atoms with van der Waals surface area (Å²) in [5.41, 5.74) is 0.494. The maximum atomic E-state index is 11.9. The van der Waals surface area contributed by atoms with Crippen LogP contribution < -0.4 is 16.0 Å². The van der Waals surface area contributed by atoms with Gasteiger partial charge in [0.1, 0.15) is 6.04 Å². The zero-order valence-corrected chi connectivity index (χ0v) is 14.2. The molecule has 21 heavy (non-hydrogen) atoms. The summed E-state index contributed by atoms with van der Waals surface area (Å²) in [6, 6.07) is -1.19. The number of amides is 3. The van der Waals surface area contributed by atoms with Crippen molar-refractivity contribution in [2.24, 2.45) is 0 Å². The van der Waals surface area contributed by atoms with E-state index < -0.39 is 6.04 Å². The minimum Gasteiger partial charge on any atom is -0.350 e. The van der Waals surface area contributed by atoms with Crippen molar-refractivity contribution in [1.29, 1.82) is 0 Å². The Hall–Kier alpha value is -1.63. The zero-order valence-electron chi connectivity index (χ0n) is 13.4. The summed E-state index contributed by atoms with van der Waals surface area (Å²) in [5.74, 6) is -0.213. The average molecular weight is 312 g/mol. The lowest BCUT2D eigenvalue weighted by molar-refractivity contribution is -0.123. The number of hydrogen-bond donors (Lipinski definition) is 3. The second-order valence-electron chi connectivity index (χ2n) is 6.09. The van der Waals surface area contributed by atoms with Crippen LogP contribution in [0.15, 0.2) is 5.38 Å². The van der Waals surface area contributed by atoms with Gasteiger partial charge in [0.05, 0.1) is 16.7 Å². The van der Waals surface area contributed by atoms with E-state index in [9.17, 15) is 9.59 Å². The van der Waals surface area contributed by atoms with Gasteiger partial charge in [-0.15, -0.1) is 11.3 Å². The summed E-state index contributed by atoms with van der Waals surface area (Å²) in [4.78, 5) is 28.1. The highest BCUT2D eigenvalue weighted by Crippen LogP contribution is 2.15. The highest BCUT2D eigenvalue weighted by molar-refractivity contribution is 7.09. The largest absolute Gasteiger partial charge is 0.350 e. The third kappa shape index (κ3) is 6.12. The van der Waals surface area contributed by atoms with Gasteiger partial charge >= 0.3 is 6.03 Å². The van der Waals surface area contributed by atoms with E-state index in [1.54, 1.807) is 6.92 Å². The molecular weight excluding hydrogens is 288 g/mol. The number of rotatable bonds is 4. The van der Waals surface area contributed by atoms with Gasteiger partial charge in [-0.3, -0.25) is 4.79 Å². The van der Waals surface area contributed by atoms with Crippen LogP contribution in [0.5, 0.6) is 0 Å². The summed E-state index contributed by atoms with van der Waals surface area (Å²) in [5, 5.41) is 11.1. The van der Waals surface area contributed by atoms with E-state index in [1.807, 2.05) is 40.0 Å². The lowest BCUT2D eigenvalue weighted by atomic mass is 10.1. The molecule has 0 aliphatic heterocycles. The van der Waals surface area contributed by atoms with E-state index in [0.29, 0.717) is 0 Å². The number of nitrogens with zero attached hydrogens (tertiary/aromatic N) is 1. The van der Waals surface area contributed by atoms with Gasteiger partial charge in [0, 0.05) is 10.9 Å². The second-order valence-corrected chi connectivity index (χ2v) is 7.15. The molecule has 2 atom stereocenters. The molecule has 0 saturated heterocycles. The van der Waals surface area contributed by atoms with E-state index in [2.05, 4.69) is 20.9 Å². The molecule has 0 bridgehead atoms. The quantitative estimate of drug-likeness (QED) is 0.796. The molecular formula is C14H24N4O2S. The predicted octanol–water partition coefficient (Wildman–Crippen LogP) is 2.11.